The number of aryl methyl sites for hydroxylation is 2. The summed E-state index contributed by atoms with van der Waals surface area (Å²) in [5.74, 6) is 0. The van der Waals surface area contributed by atoms with E-state index in [1.165, 1.54) is 27.8 Å². The second kappa shape index (κ2) is 6.97. The first-order chi connectivity index (χ1) is 12.7. The Balaban J connectivity index is 1.63. The van der Waals surface area contributed by atoms with Crippen LogP contribution in [0.15, 0.2) is 91.1 Å². The number of benzene rings is 3. The summed E-state index contributed by atoms with van der Waals surface area (Å²) in [4.78, 5) is 4.66. The van der Waals surface area contributed by atoms with Gasteiger partial charge in [-0.05, 0) is 47.7 Å². The zero-order valence-corrected chi connectivity index (χ0v) is 15.1. The van der Waals surface area contributed by atoms with Crippen LogP contribution in [0.2, 0.25) is 0 Å². The van der Waals surface area contributed by atoms with Crippen molar-refractivity contribution >= 4 is 0 Å². The van der Waals surface area contributed by atoms with Gasteiger partial charge < -0.3 is 0 Å². The summed E-state index contributed by atoms with van der Waals surface area (Å²) in [6.07, 6.45) is 1.95. The fourth-order valence-corrected chi connectivity index (χ4v) is 3.44. The maximum atomic E-state index is 4.66. The third kappa shape index (κ3) is 3.16. The van der Waals surface area contributed by atoms with Crippen LogP contribution in [0.25, 0.3) is 33.5 Å². The smallest absolute Gasteiger partial charge is 0.0702 e. The lowest BCUT2D eigenvalue weighted by molar-refractivity contribution is 1.32. The molecule has 0 aliphatic carbocycles. The van der Waals surface area contributed by atoms with Gasteiger partial charge in [0.15, 0.2) is 0 Å². The number of nitrogens with zero attached hydrogens (tertiary/aromatic N) is 1. The van der Waals surface area contributed by atoms with Crippen LogP contribution in [-0.2, 0) is 0 Å². The van der Waals surface area contributed by atoms with Gasteiger partial charge in [0.05, 0.1) is 5.69 Å². The van der Waals surface area contributed by atoms with E-state index in [0.717, 1.165) is 16.8 Å². The summed E-state index contributed by atoms with van der Waals surface area (Å²) >= 11 is 0. The van der Waals surface area contributed by atoms with Crippen molar-refractivity contribution in [3.8, 4) is 33.5 Å². The van der Waals surface area contributed by atoms with Gasteiger partial charge in [-0.1, -0.05) is 78.9 Å². The van der Waals surface area contributed by atoms with Gasteiger partial charge in [-0.3, -0.25) is 4.98 Å². The van der Waals surface area contributed by atoms with Crippen LogP contribution in [0, 0.1) is 13.8 Å². The minimum absolute atomic E-state index is 0.998. The lowest BCUT2D eigenvalue weighted by Gasteiger charge is -2.11. The van der Waals surface area contributed by atoms with Crippen LogP contribution < -0.4 is 0 Å². The van der Waals surface area contributed by atoms with Crippen molar-refractivity contribution in [3.05, 3.63) is 102 Å². The standard InChI is InChI=1S/C25H21N/c1-18-7-6-8-19(2)25(18)22-13-11-21(12-14-22)24-16-15-23(17-26-24)20-9-4-3-5-10-20/h3-17H,1-2H3. The molecule has 1 aromatic heterocycles. The summed E-state index contributed by atoms with van der Waals surface area (Å²) in [5, 5.41) is 0. The van der Waals surface area contributed by atoms with Crippen molar-refractivity contribution in [2.45, 2.75) is 13.8 Å². The SMILES string of the molecule is Cc1cccc(C)c1-c1ccc(-c2ccc(-c3ccccc3)cn2)cc1. The van der Waals surface area contributed by atoms with Crippen molar-refractivity contribution < 1.29 is 0 Å². The fourth-order valence-electron chi connectivity index (χ4n) is 3.44. The zero-order chi connectivity index (χ0) is 17.9. The van der Waals surface area contributed by atoms with E-state index in [0.29, 0.717) is 0 Å². The molecule has 0 amide bonds. The van der Waals surface area contributed by atoms with Crippen LogP contribution in [0.1, 0.15) is 11.1 Å². The van der Waals surface area contributed by atoms with E-state index in [-0.39, 0.29) is 0 Å². The average Bonchev–Trinajstić information content (AvgIpc) is 2.69. The first kappa shape index (κ1) is 16.3. The molecule has 0 N–H and O–H groups in total. The van der Waals surface area contributed by atoms with Gasteiger partial charge in [-0.2, -0.15) is 0 Å². The van der Waals surface area contributed by atoms with Gasteiger partial charge >= 0.3 is 0 Å². The Morgan fingerprint density at radius 2 is 1.12 bits per heavy atom. The van der Waals surface area contributed by atoms with Gasteiger partial charge in [0.25, 0.3) is 0 Å². The lowest BCUT2D eigenvalue weighted by Crippen LogP contribution is -1.89. The first-order valence-corrected chi connectivity index (χ1v) is 8.91. The molecule has 126 valence electrons. The Labute approximate surface area is 155 Å². The second-order valence-electron chi connectivity index (χ2n) is 6.64. The van der Waals surface area contributed by atoms with E-state index in [4.69, 9.17) is 0 Å². The quantitative estimate of drug-likeness (QED) is 0.406. The molecule has 0 bridgehead atoms. The van der Waals surface area contributed by atoms with Gasteiger partial charge in [0, 0.05) is 17.3 Å². The molecule has 0 aliphatic heterocycles. The van der Waals surface area contributed by atoms with Crippen molar-refractivity contribution in [2.75, 3.05) is 0 Å². The normalized spacial score (nSPS) is 10.7. The minimum Gasteiger partial charge on any atom is -0.256 e. The van der Waals surface area contributed by atoms with Crippen LogP contribution in [0.3, 0.4) is 0 Å². The van der Waals surface area contributed by atoms with Crippen molar-refractivity contribution in [2.24, 2.45) is 0 Å². The highest BCUT2D eigenvalue weighted by atomic mass is 14.7. The van der Waals surface area contributed by atoms with E-state index < -0.39 is 0 Å². The van der Waals surface area contributed by atoms with Gasteiger partial charge in [0.2, 0.25) is 0 Å². The Kier molecular flexibility index (Phi) is 4.37. The van der Waals surface area contributed by atoms with Crippen LogP contribution in [-0.4, -0.2) is 4.98 Å². The lowest BCUT2D eigenvalue weighted by atomic mass is 9.95. The highest BCUT2D eigenvalue weighted by molar-refractivity contribution is 5.74. The molecule has 3 aromatic carbocycles. The van der Waals surface area contributed by atoms with E-state index >= 15 is 0 Å². The van der Waals surface area contributed by atoms with Crippen molar-refractivity contribution in [3.63, 3.8) is 0 Å². The summed E-state index contributed by atoms with van der Waals surface area (Å²) in [6.45, 7) is 4.33. The maximum absolute atomic E-state index is 4.66. The Morgan fingerprint density at radius 1 is 0.500 bits per heavy atom. The summed E-state index contributed by atoms with van der Waals surface area (Å²) < 4.78 is 0. The Hall–Kier alpha value is -3.19. The highest BCUT2D eigenvalue weighted by Gasteiger charge is 2.06. The number of rotatable bonds is 3. The summed E-state index contributed by atoms with van der Waals surface area (Å²) in [7, 11) is 0. The molecule has 1 heteroatoms. The van der Waals surface area contributed by atoms with Gasteiger partial charge in [0.1, 0.15) is 0 Å². The number of aromatic nitrogens is 1. The maximum Gasteiger partial charge on any atom is 0.0702 e. The highest BCUT2D eigenvalue weighted by Crippen LogP contribution is 2.29. The molecule has 4 rings (SSSR count). The molecule has 0 saturated carbocycles. The fraction of sp³-hybridized carbons (Fsp3) is 0.0800. The first-order valence-electron chi connectivity index (χ1n) is 8.91. The third-order valence-electron chi connectivity index (χ3n) is 4.82. The molecule has 0 unspecified atom stereocenters. The number of hydrogen-bond donors (Lipinski definition) is 0. The molecule has 26 heavy (non-hydrogen) atoms. The molecule has 0 saturated heterocycles. The molecule has 0 atom stereocenters. The molecule has 0 fully saturated rings. The van der Waals surface area contributed by atoms with Gasteiger partial charge in [-0.25, -0.2) is 0 Å². The molecule has 0 aliphatic rings. The summed E-state index contributed by atoms with van der Waals surface area (Å²) in [5.41, 5.74) is 9.67. The molecule has 4 aromatic rings. The number of hydrogen-bond acceptors (Lipinski definition) is 1. The van der Waals surface area contributed by atoms with E-state index in [1.54, 1.807) is 0 Å². The molecular formula is C25H21N. The predicted octanol–water partition coefficient (Wildman–Crippen LogP) is 6.70. The van der Waals surface area contributed by atoms with E-state index in [2.05, 4.69) is 97.7 Å². The van der Waals surface area contributed by atoms with Crippen LogP contribution in [0.5, 0.6) is 0 Å². The summed E-state index contributed by atoms with van der Waals surface area (Å²) in [6, 6.07) is 29.7. The van der Waals surface area contributed by atoms with Gasteiger partial charge in [-0.15, -0.1) is 0 Å². The van der Waals surface area contributed by atoms with Crippen molar-refractivity contribution in [1.29, 1.82) is 0 Å². The van der Waals surface area contributed by atoms with Crippen LogP contribution in [0.4, 0.5) is 0 Å². The largest absolute Gasteiger partial charge is 0.256 e. The molecule has 1 heterocycles. The third-order valence-corrected chi connectivity index (χ3v) is 4.82. The zero-order valence-electron chi connectivity index (χ0n) is 15.1. The molecular weight excluding hydrogens is 314 g/mol. The predicted molar refractivity (Wildman–Crippen MR) is 110 cm³/mol. The number of pyridine rings is 1. The van der Waals surface area contributed by atoms with E-state index in [9.17, 15) is 0 Å². The minimum atomic E-state index is 0.998. The topological polar surface area (TPSA) is 12.9 Å². The van der Waals surface area contributed by atoms with Crippen LogP contribution >= 0.6 is 0 Å². The second-order valence-corrected chi connectivity index (χ2v) is 6.64. The monoisotopic (exact) mass is 335 g/mol. The molecule has 1 nitrogen and oxygen atoms in total. The Bertz CT molecular complexity index is 994. The molecule has 0 radical (unpaired) electrons. The van der Waals surface area contributed by atoms with E-state index in [1.807, 2.05) is 12.3 Å². The van der Waals surface area contributed by atoms with Crippen molar-refractivity contribution in [1.82, 2.24) is 4.98 Å². The molecule has 0 spiro atoms. The Morgan fingerprint density at radius 3 is 1.73 bits per heavy atom. The average molecular weight is 335 g/mol.